The Bertz CT molecular complexity index is 1510. The van der Waals surface area contributed by atoms with Crippen LogP contribution in [0.1, 0.15) is 16.7 Å². The van der Waals surface area contributed by atoms with Crippen molar-refractivity contribution in [3.63, 3.8) is 0 Å². The Labute approximate surface area is 197 Å². The van der Waals surface area contributed by atoms with Crippen LogP contribution in [-0.2, 0) is 14.8 Å². The minimum atomic E-state index is -4.06. The van der Waals surface area contributed by atoms with Gasteiger partial charge in [-0.05, 0) is 56.2 Å². The molecule has 0 bridgehead atoms. The highest BCUT2D eigenvalue weighted by atomic mass is 32.2. The number of hydrogen-bond donors (Lipinski definition) is 2. The zero-order valence-electron chi connectivity index (χ0n) is 19.0. The maximum Gasteiger partial charge on any atom is 0.285 e. The minimum Gasteiger partial charge on any atom is -0.493 e. The molecule has 4 aromatic rings. The van der Waals surface area contributed by atoms with Gasteiger partial charge in [0.25, 0.3) is 15.9 Å². The molecule has 0 radical (unpaired) electrons. The maximum absolute atomic E-state index is 13.6. The summed E-state index contributed by atoms with van der Waals surface area (Å²) in [5.74, 6) is -1.00. The Morgan fingerprint density at radius 1 is 0.971 bits per heavy atom. The molecule has 1 aromatic heterocycles. The van der Waals surface area contributed by atoms with Crippen molar-refractivity contribution in [2.75, 3.05) is 10.8 Å². The highest BCUT2D eigenvalue weighted by Crippen LogP contribution is 2.35. The normalized spacial score (nSPS) is 11.9. The Morgan fingerprint density at radius 3 is 2.41 bits per heavy atom. The van der Waals surface area contributed by atoms with Crippen LogP contribution >= 0.6 is 0 Å². The molecule has 1 amide bonds. The van der Waals surface area contributed by atoms with E-state index < -0.39 is 22.5 Å². The Balaban J connectivity index is 1.71. The third kappa shape index (κ3) is 4.42. The molecule has 3 aromatic carbocycles. The monoisotopic (exact) mass is 476 g/mol. The van der Waals surface area contributed by atoms with Crippen LogP contribution in [0.3, 0.4) is 0 Å². The molecular formula is C25H24N4O4S. The number of aromatic nitrogens is 1. The van der Waals surface area contributed by atoms with Gasteiger partial charge in [0.2, 0.25) is 5.88 Å². The zero-order chi connectivity index (χ0) is 24.5. The van der Waals surface area contributed by atoms with Gasteiger partial charge < -0.3 is 10.1 Å². The largest absolute Gasteiger partial charge is 0.493 e. The molecule has 174 valence electrons. The molecule has 4 rings (SSSR count). The molecule has 0 aliphatic heterocycles. The van der Waals surface area contributed by atoms with Crippen LogP contribution in [-0.4, -0.2) is 31.0 Å². The van der Waals surface area contributed by atoms with Crippen LogP contribution in [0.5, 0.6) is 5.88 Å². The molecule has 0 spiro atoms. The summed E-state index contributed by atoms with van der Waals surface area (Å²) in [6, 6.07) is 18.8. The molecule has 0 saturated carbocycles. The van der Waals surface area contributed by atoms with Crippen molar-refractivity contribution in [3.05, 3.63) is 83.4 Å². The first-order valence-electron chi connectivity index (χ1n) is 10.6. The molecule has 0 aliphatic rings. The first kappa shape index (κ1) is 23.2. The maximum atomic E-state index is 13.6. The van der Waals surface area contributed by atoms with Gasteiger partial charge in [-0.2, -0.15) is 0 Å². The molecule has 0 aliphatic carbocycles. The summed E-state index contributed by atoms with van der Waals surface area (Å²) in [5, 5.41) is 18.4. The lowest BCUT2D eigenvalue weighted by Gasteiger charge is -2.25. The number of amides is 1. The second kappa shape index (κ2) is 9.11. The second-order valence-corrected chi connectivity index (χ2v) is 9.87. The molecule has 8 nitrogen and oxygen atoms in total. The standard InChI is InChI=1S/C25H24N4O4S/c1-16-11-13-19(14-12-16)34(32,33)29(22-10-6-7-17(2)18(22)3)15-23(30)27-28-24-20-8-4-5-9-21(20)26-25(24)31/h4-14,26,31H,15H2,1-3H3. The van der Waals surface area contributed by atoms with Crippen LogP contribution in [0.4, 0.5) is 11.4 Å². The fourth-order valence-corrected chi connectivity index (χ4v) is 5.09. The molecule has 0 saturated heterocycles. The van der Waals surface area contributed by atoms with E-state index in [1.807, 2.05) is 19.9 Å². The summed E-state index contributed by atoms with van der Waals surface area (Å²) in [6.45, 7) is 4.99. The number of azo groups is 1. The molecule has 2 N–H and O–H groups in total. The summed E-state index contributed by atoms with van der Waals surface area (Å²) in [5.41, 5.74) is 3.68. The number of carbonyl (C=O) groups is 1. The number of rotatable bonds is 6. The number of aryl methyl sites for hydroxylation is 2. The SMILES string of the molecule is Cc1ccc(S(=O)(=O)N(CC(=O)N=Nc2c(O)[nH]c3ccccc23)c2cccc(C)c2C)cc1. The first-order valence-corrected chi connectivity index (χ1v) is 12.0. The van der Waals surface area contributed by atoms with Gasteiger partial charge >= 0.3 is 0 Å². The van der Waals surface area contributed by atoms with Crippen LogP contribution in [0.2, 0.25) is 0 Å². The Morgan fingerprint density at radius 2 is 1.68 bits per heavy atom. The number of nitrogens with one attached hydrogen (secondary N) is 1. The van der Waals surface area contributed by atoms with Gasteiger partial charge in [-0.3, -0.25) is 9.10 Å². The fourth-order valence-electron chi connectivity index (χ4n) is 3.62. The average Bonchev–Trinajstić information content (AvgIpc) is 3.13. The predicted molar refractivity (Wildman–Crippen MR) is 131 cm³/mol. The van der Waals surface area contributed by atoms with Gasteiger partial charge in [-0.1, -0.05) is 48.0 Å². The Kier molecular flexibility index (Phi) is 6.21. The lowest BCUT2D eigenvalue weighted by molar-refractivity contribution is -0.116. The van der Waals surface area contributed by atoms with Crippen LogP contribution in [0.25, 0.3) is 10.9 Å². The van der Waals surface area contributed by atoms with Gasteiger partial charge in [0.1, 0.15) is 6.54 Å². The van der Waals surface area contributed by atoms with E-state index in [4.69, 9.17) is 0 Å². The first-order chi connectivity index (χ1) is 16.2. The highest BCUT2D eigenvalue weighted by molar-refractivity contribution is 7.92. The third-order valence-corrected chi connectivity index (χ3v) is 7.43. The van der Waals surface area contributed by atoms with Crippen LogP contribution in [0.15, 0.2) is 81.9 Å². The third-order valence-electron chi connectivity index (χ3n) is 5.65. The Hall–Kier alpha value is -3.98. The number of carbonyl (C=O) groups excluding carboxylic acids is 1. The van der Waals surface area contributed by atoms with Crippen molar-refractivity contribution in [2.24, 2.45) is 10.2 Å². The van der Waals surface area contributed by atoms with Crippen molar-refractivity contribution >= 4 is 38.2 Å². The molecule has 0 unspecified atom stereocenters. The average molecular weight is 477 g/mol. The molecule has 0 fully saturated rings. The number of benzene rings is 3. The van der Waals surface area contributed by atoms with Crippen molar-refractivity contribution in [1.29, 1.82) is 0 Å². The minimum absolute atomic E-state index is 0.0676. The van der Waals surface area contributed by atoms with Gasteiger partial charge in [0.15, 0.2) is 5.69 Å². The summed E-state index contributed by atoms with van der Waals surface area (Å²) < 4.78 is 28.2. The topological polar surface area (TPSA) is 115 Å². The number of anilines is 1. The highest BCUT2D eigenvalue weighted by Gasteiger charge is 2.28. The number of sulfonamides is 1. The number of aromatic hydroxyl groups is 1. The van der Waals surface area contributed by atoms with E-state index in [1.165, 1.54) is 12.1 Å². The van der Waals surface area contributed by atoms with E-state index in [9.17, 15) is 18.3 Å². The van der Waals surface area contributed by atoms with Gasteiger partial charge in [0.05, 0.1) is 16.1 Å². The van der Waals surface area contributed by atoms with Gasteiger partial charge in [-0.25, -0.2) is 8.42 Å². The van der Waals surface area contributed by atoms with E-state index in [1.54, 1.807) is 55.5 Å². The molecular weight excluding hydrogens is 452 g/mol. The van der Waals surface area contributed by atoms with E-state index >= 15 is 0 Å². The van der Waals surface area contributed by atoms with Crippen molar-refractivity contribution in [2.45, 2.75) is 25.7 Å². The number of fused-ring (bicyclic) bond motifs is 1. The fraction of sp³-hybridized carbons (Fsp3) is 0.160. The summed E-state index contributed by atoms with van der Waals surface area (Å²) in [6.07, 6.45) is 0. The lowest BCUT2D eigenvalue weighted by Crippen LogP contribution is -2.36. The van der Waals surface area contributed by atoms with Crippen molar-refractivity contribution < 1.29 is 18.3 Å². The van der Waals surface area contributed by atoms with E-state index in [-0.39, 0.29) is 16.5 Å². The number of H-pyrrole nitrogens is 1. The van der Waals surface area contributed by atoms with Crippen molar-refractivity contribution in [3.8, 4) is 5.88 Å². The van der Waals surface area contributed by atoms with Crippen molar-refractivity contribution in [1.82, 2.24) is 4.98 Å². The predicted octanol–water partition coefficient (Wildman–Crippen LogP) is 5.30. The number of hydrogen-bond acceptors (Lipinski definition) is 5. The summed E-state index contributed by atoms with van der Waals surface area (Å²) in [7, 11) is -4.06. The lowest BCUT2D eigenvalue weighted by atomic mass is 10.1. The quantitative estimate of drug-likeness (QED) is 0.367. The van der Waals surface area contributed by atoms with Crippen LogP contribution < -0.4 is 4.31 Å². The molecule has 0 atom stereocenters. The number of nitrogens with zero attached hydrogens (tertiary/aromatic N) is 3. The molecule has 34 heavy (non-hydrogen) atoms. The molecule has 9 heteroatoms. The number of para-hydroxylation sites is 1. The summed E-state index contributed by atoms with van der Waals surface area (Å²) >= 11 is 0. The van der Waals surface area contributed by atoms with E-state index in [0.29, 0.717) is 16.6 Å². The zero-order valence-corrected chi connectivity index (χ0v) is 19.8. The summed E-state index contributed by atoms with van der Waals surface area (Å²) in [4.78, 5) is 15.7. The van der Waals surface area contributed by atoms with Crippen LogP contribution in [0, 0.1) is 20.8 Å². The molecule has 1 heterocycles. The van der Waals surface area contributed by atoms with E-state index in [0.717, 1.165) is 21.0 Å². The second-order valence-electron chi connectivity index (χ2n) is 8.01. The smallest absolute Gasteiger partial charge is 0.285 e. The van der Waals surface area contributed by atoms with E-state index in [2.05, 4.69) is 15.2 Å². The van der Waals surface area contributed by atoms with Gasteiger partial charge in [0, 0.05) is 5.39 Å². The van der Waals surface area contributed by atoms with Gasteiger partial charge in [-0.15, -0.1) is 10.2 Å². The number of aromatic amines is 1.